The zero-order chi connectivity index (χ0) is 13.1. The van der Waals surface area contributed by atoms with Gasteiger partial charge in [0.1, 0.15) is 17.7 Å². The third kappa shape index (κ3) is 2.63. The first-order valence-electron chi connectivity index (χ1n) is 6.18. The molecule has 3 rings (SSSR count). The average molecular weight is 257 g/mol. The Kier molecular flexibility index (Phi) is 3.24. The van der Waals surface area contributed by atoms with Crippen molar-refractivity contribution in [3.05, 3.63) is 42.5 Å². The van der Waals surface area contributed by atoms with E-state index >= 15 is 0 Å². The van der Waals surface area contributed by atoms with Gasteiger partial charge in [-0.25, -0.2) is 4.98 Å². The van der Waals surface area contributed by atoms with Crippen LogP contribution in [-0.2, 0) is 4.74 Å². The summed E-state index contributed by atoms with van der Waals surface area (Å²) in [6, 6.07) is 5.83. The number of aromatic nitrogens is 3. The van der Waals surface area contributed by atoms with Crippen molar-refractivity contribution in [1.29, 1.82) is 0 Å². The molecule has 0 aromatic carbocycles. The summed E-state index contributed by atoms with van der Waals surface area (Å²) in [6.07, 6.45) is 4.99. The molecule has 2 aromatic heterocycles. The van der Waals surface area contributed by atoms with E-state index in [1.165, 1.54) is 0 Å². The van der Waals surface area contributed by atoms with Crippen molar-refractivity contribution < 1.29 is 4.74 Å². The van der Waals surface area contributed by atoms with Crippen molar-refractivity contribution >= 4 is 11.6 Å². The molecular formula is C13H15N5O. The van der Waals surface area contributed by atoms with Crippen LogP contribution in [0.3, 0.4) is 0 Å². The molecule has 0 bridgehead atoms. The van der Waals surface area contributed by atoms with Gasteiger partial charge >= 0.3 is 0 Å². The molecule has 98 valence electrons. The Bertz CT molecular complexity index is 548. The maximum Gasteiger partial charge on any atom is 0.149 e. The van der Waals surface area contributed by atoms with Crippen LogP contribution in [0.2, 0.25) is 0 Å². The highest BCUT2D eigenvalue weighted by Gasteiger charge is 2.23. The fraction of sp³-hybridized carbons (Fsp3) is 0.308. The maximum atomic E-state index is 5.76. The number of morpholine rings is 1. The standard InChI is InChI=1S/C13H15N5O/c14-12-7-15-8-13(17-12)18-5-6-19-11(9-18)10-3-1-2-4-16-10/h1-4,7-8,11H,5-6,9H2,(H2,14,17). The largest absolute Gasteiger partial charge is 0.382 e. The summed E-state index contributed by atoms with van der Waals surface area (Å²) >= 11 is 0. The fourth-order valence-corrected chi connectivity index (χ4v) is 2.13. The van der Waals surface area contributed by atoms with E-state index < -0.39 is 0 Å². The molecule has 1 fully saturated rings. The van der Waals surface area contributed by atoms with Crippen LogP contribution in [0, 0.1) is 0 Å². The average Bonchev–Trinajstić information content (AvgIpc) is 2.48. The van der Waals surface area contributed by atoms with E-state index in [1.54, 1.807) is 18.6 Å². The number of rotatable bonds is 2. The van der Waals surface area contributed by atoms with Crippen LogP contribution in [0.25, 0.3) is 0 Å². The van der Waals surface area contributed by atoms with Gasteiger partial charge < -0.3 is 15.4 Å². The molecule has 6 heteroatoms. The number of nitrogens with two attached hydrogens (primary N) is 1. The van der Waals surface area contributed by atoms with Gasteiger partial charge in [-0.15, -0.1) is 0 Å². The number of hydrogen-bond donors (Lipinski definition) is 1. The fourth-order valence-electron chi connectivity index (χ4n) is 2.13. The first kappa shape index (κ1) is 11.9. The number of anilines is 2. The predicted octanol–water partition coefficient (Wildman–Crippen LogP) is 1.03. The van der Waals surface area contributed by atoms with Gasteiger partial charge in [-0.3, -0.25) is 9.97 Å². The molecule has 0 radical (unpaired) electrons. The first-order chi connectivity index (χ1) is 9.33. The van der Waals surface area contributed by atoms with Crippen molar-refractivity contribution in [2.45, 2.75) is 6.10 Å². The predicted molar refractivity (Wildman–Crippen MR) is 71.6 cm³/mol. The van der Waals surface area contributed by atoms with Crippen molar-refractivity contribution in [2.75, 3.05) is 30.3 Å². The van der Waals surface area contributed by atoms with Crippen LogP contribution < -0.4 is 10.6 Å². The Morgan fingerprint density at radius 2 is 2.26 bits per heavy atom. The number of hydrogen-bond acceptors (Lipinski definition) is 6. The van der Waals surface area contributed by atoms with E-state index in [-0.39, 0.29) is 6.10 Å². The lowest BCUT2D eigenvalue weighted by Gasteiger charge is -2.33. The highest BCUT2D eigenvalue weighted by molar-refractivity contribution is 5.42. The first-order valence-corrected chi connectivity index (χ1v) is 6.18. The third-order valence-electron chi connectivity index (χ3n) is 3.05. The van der Waals surface area contributed by atoms with E-state index in [0.717, 1.165) is 18.1 Å². The molecule has 1 atom stereocenters. The Hall–Kier alpha value is -2.21. The number of pyridine rings is 1. The molecule has 6 nitrogen and oxygen atoms in total. The van der Waals surface area contributed by atoms with Gasteiger partial charge in [0.2, 0.25) is 0 Å². The van der Waals surface area contributed by atoms with Crippen molar-refractivity contribution in [2.24, 2.45) is 0 Å². The quantitative estimate of drug-likeness (QED) is 0.866. The minimum absolute atomic E-state index is 0.0434. The van der Waals surface area contributed by atoms with Gasteiger partial charge in [-0.1, -0.05) is 6.07 Å². The van der Waals surface area contributed by atoms with Gasteiger partial charge in [0.15, 0.2) is 0 Å². The Balaban J connectivity index is 1.78. The third-order valence-corrected chi connectivity index (χ3v) is 3.05. The monoisotopic (exact) mass is 257 g/mol. The second-order valence-corrected chi connectivity index (χ2v) is 4.36. The Morgan fingerprint density at radius 3 is 3.05 bits per heavy atom. The summed E-state index contributed by atoms with van der Waals surface area (Å²) in [5.41, 5.74) is 6.60. The minimum Gasteiger partial charge on any atom is -0.382 e. The molecule has 1 aliphatic rings. The molecule has 2 aromatic rings. The van der Waals surface area contributed by atoms with Crippen LogP contribution in [0.1, 0.15) is 11.8 Å². The molecule has 2 N–H and O–H groups in total. The second-order valence-electron chi connectivity index (χ2n) is 4.36. The van der Waals surface area contributed by atoms with Gasteiger partial charge in [-0.05, 0) is 12.1 Å². The topological polar surface area (TPSA) is 77.2 Å². The van der Waals surface area contributed by atoms with Crippen molar-refractivity contribution in [3.8, 4) is 0 Å². The lowest BCUT2D eigenvalue weighted by molar-refractivity contribution is 0.0367. The number of nitrogens with zero attached hydrogens (tertiary/aromatic N) is 4. The summed E-state index contributed by atoms with van der Waals surface area (Å²) in [5.74, 6) is 1.21. The van der Waals surface area contributed by atoms with Crippen LogP contribution >= 0.6 is 0 Å². The molecule has 3 heterocycles. The normalized spacial score (nSPS) is 19.4. The second kappa shape index (κ2) is 5.19. The SMILES string of the molecule is Nc1cncc(N2CCOC(c3ccccn3)C2)n1. The zero-order valence-corrected chi connectivity index (χ0v) is 10.4. The van der Waals surface area contributed by atoms with Crippen molar-refractivity contribution in [1.82, 2.24) is 15.0 Å². The van der Waals surface area contributed by atoms with E-state index in [2.05, 4.69) is 19.9 Å². The molecule has 0 aliphatic carbocycles. The van der Waals surface area contributed by atoms with Crippen LogP contribution in [-0.4, -0.2) is 34.6 Å². The summed E-state index contributed by atoms with van der Waals surface area (Å²) in [6.45, 7) is 2.12. The molecule has 1 unspecified atom stereocenters. The van der Waals surface area contributed by atoms with Gasteiger partial charge in [0.05, 0.1) is 31.2 Å². The summed E-state index contributed by atoms with van der Waals surface area (Å²) in [4.78, 5) is 14.8. The molecule has 1 saturated heterocycles. The smallest absolute Gasteiger partial charge is 0.149 e. The highest BCUT2D eigenvalue weighted by atomic mass is 16.5. The minimum atomic E-state index is -0.0434. The summed E-state index contributed by atoms with van der Waals surface area (Å²) in [7, 11) is 0. The van der Waals surface area contributed by atoms with E-state index in [1.807, 2.05) is 18.2 Å². The number of nitrogen functional groups attached to an aromatic ring is 1. The van der Waals surface area contributed by atoms with Crippen LogP contribution in [0.5, 0.6) is 0 Å². The van der Waals surface area contributed by atoms with Gasteiger partial charge in [0.25, 0.3) is 0 Å². The Labute approximate surface area is 111 Å². The van der Waals surface area contributed by atoms with Crippen LogP contribution in [0.15, 0.2) is 36.8 Å². The van der Waals surface area contributed by atoms with E-state index in [4.69, 9.17) is 10.5 Å². The zero-order valence-electron chi connectivity index (χ0n) is 10.4. The van der Waals surface area contributed by atoms with Crippen LogP contribution in [0.4, 0.5) is 11.6 Å². The lowest BCUT2D eigenvalue weighted by atomic mass is 10.2. The molecule has 0 spiro atoms. The van der Waals surface area contributed by atoms with E-state index in [9.17, 15) is 0 Å². The summed E-state index contributed by atoms with van der Waals surface area (Å²) in [5, 5.41) is 0. The Morgan fingerprint density at radius 1 is 1.32 bits per heavy atom. The van der Waals surface area contributed by atoms with E-state index in [0.29, 0.717) is 19.0 Å². The number of ether oxygens (including phenoxy) is 1. The summed E-state index contributed by atoms with van der Waals surface area (Å²) < 4.78 is 5.76. The van der Waals surface area contributed by atoms with Gasteiger partial charge in [-0.2, -0.15) is 0 Å². The van der Waals surface area contributed by atoms with Crippen molar-refractivity contribution in [3.63, 3.8) is 0 Å². The molecule has 19 heavy (non-hydrogen) atoms. The molecule has 0 amide bonds. The molecule has 1 aliphatic heterocycles. The van der Waals surface area contributed by atoms with Gasteiger partial charge in [0, 0.05) is 12.7 Å². The highest BCUT2D eigenvalue weighted by Crippen LogP contribution is 2.23. The maximum absolute atomic E-state index is 5.76. The lowest BCUT2D eigenvalue weighted by Crippen LogP contribution is -2.39. The molecular weight excluding hydrogens is 242 g/mol. The molecule has 0 saturated carbocycles.